The molecule has 0 aliphatic heterocycles. The van der Waals surface area contributed by atoms with E-state index in [0.29, 0.717) is 40.1 Å². The summed E-state index contributed by atoms with van der Waals surface area (Å²) in [7, 11) is -10.2. The van der Waals surface area contributed by atoms with Crippen LogP contribution in [0.15, 0.2) is 140 Å². The predicted molar refractivity (Wildman–Crippen MR) is 352 cm³/mol. The number of amides is 5. The highest BCUT2D eigenvalue weighted by Gasteiger charge is 2.23. The van der Waals surface area contributed by atoms with Crippen molar-refractivity contribution in [2.45, 2.75) is 54.5 Å². The number of nitrogens with one attached hydrogen (secondary N) is 6. The summed E-state index contributed by atoms with van der Waals surface area (Å²) in [4.78, 5) is 64.1. The first-order valence-corrected chi connectivity index (χ1v) is 27.6. The van der Waals surface area contributed by atoms with Gasteiger partial charge in [0.2, 0.25) is 29.5 Å². The molecule has 0 atom stereocenters. The van der Waals surface area contributed by atoms with E-state index in [1.807, 2.05) is 19.2 Å². The molecule has 0 fully saturated rings. The summed E-state index contributed by atoms with van der Waals surface area (Å²) in [6.07, 6.45) is 0.00468. The third-order valence-electron chi connectivity index (χ3n) is 11.4. The van der Waals surface area contributed by atoms with Crippen molar-refractivity contribution in [2.75, 3.05) is 33.6 Å². The molecule has 5 amide bonds. The van der Waals surface area contributed by atoms with E-state index in [0.717, 1.165) is 35.9 Å². The largest absolute Gasteiger partial charge is 0.491 e. The molecule has 0 unspecified atom stereocenters. The summed E-state index contributed by atoms with van der Waals surface area (Å²) < 4.78 is 64.9. The number of halogens is 5. The predicted octanol–water partition coefficient (Wildman–Crippen LogP) is -4.10. The fourth-order valence-electron chi connectivity index (χ4n) is 7.52. The van der Waals surface area contributed by atoms with Crippen LogP contribution in [0.4, 0.5) is 50.4 Å². The van der Waals surface area contributed by atoms with Crippen molar-refractivity contribution >= 4 is 152 Å². The summed E-state index contributed by atoms with van der Waals surface area (Å²) in [5.74, 6) is -6.46. The Balaban J connectivity index is 0.000000555. The van der Waals surface area contributed by atoms with Crippen LogP contribution in [-0.4, -0.2) is 163 Å². The van der Waals surface area contributed by atoms with Crippen molar-refractivity contribution in [1.29, 1.82) is 0 Å². The second-order valence-corrected chi connectivity index (χ2v) is 19.5. The molecule has 26 nitrogen and oxygen atoms in total. The van der Waals surface area contributed by atoms with Gasteiger partial charge in [0.25, 0.3) is 0 Å². The normalized spacial score (nSPS) is 9.75. The molecule has 7 rings (SSSR count). The Kier molecular flexibility index (Phi) is 38.2. The number of ketones is 1. The number of carbonyl (C=O) groups is 6. The minimum absolute atomic E-state index is 0.00468. The maximum Gasteiger partial charge on any atom is 0.491 e. The zero-order chi connectivity index (χ0) is 72.4. The monoisotopic (exact) mass is 1330 g/mol. The van der Waals surface area contributed by atoms with Crippen molar-refractivity contribution in [3.63, 3.8) is 0 Å². The molecule has 0 bridgehead atoms. The highest BCUT2D eigenvalue weighted by Crippen LogP contribution is 2.14. The van der Waals surface area contributed by atoms with Crippen LogP contribution in [0.2, 0.25) is 0 Å². The first-order valence-electron chi connectivity index (χ1n) is 27.6. The first kappa shape index (κ1) is 84.1. The molecule has 502 valence electrons. The van der Waals surface area contributed by atoms with Crippen molar-refractivity contribution in [1.82, 2.24) is 5.32 Å². The zero-order valence-electron chi connectivity index (χ0n) is 51.8. The molecule has 95 heavy (non-hydrogen) atoms. The molecule has 38 heteroatoms. The Morgan fingerprint density at radius 1 is 0.347 bits per heavy atom. The number of benzene rings is 7. The minimum atomic E-state index is -2.13. The van der Waals surface area contributed by atoms with Gasteiger partial charge in [-0.25, -0.2) is 22.0 Å². The van der Waals surface area contributed by atoms with Gasteiger partial charge in [-0.2, -0.15) is 0 Å². The van der Waals surface area contributed by atoms with E-state index in [-0.39, 0.29) is 63.2 Å². The van der Waals surface area contributed by atoms with Crippen LogP contribution in [-0.2, 0) is 41.7 Å². The number of hydrogen-bond donors (Lipinski definition) is 20. The fraction of sp³-hybridized carbons (Fsp3) is 0.158. The van der Waals surface area contributed by atoms with Gasteiger partial charge in [-0.05, 0) is 102 Å². The lowest BCUT2D eigenvalue weighted by molar-refractivity contribution is -0.116. The maximum atomic E-state index is 13.1. The molecule has 7 aromatic rings. The minimum Gasteiger partial charge on any atom is -0.423 e. The highest BCUT2D eigenvalue weighted by atomic mass is 19.2. The molecule has 7 aromatic carbocycles. The van der Waals surface area contributed by atoms with Crippen LogP contribution in [0.25, 0.3) is 0 Å². The second kappa shape index (κ2) is 43.1. The quantitative estimate of drug-likeness (QED) is 0.0323. The van der Waals surface area contributed by atoms with E-state index in [4.69, 9.17) is 70.3 Å². The molecule has 0 radical (unpaired) electrons. The second-order valence-electron chi connectivity index (χ2n) is 19.5. The van der Waals surface area contributed by atoms with Gasteiger partial charge in [0.15, 0.2) is 11.6 Å². The lowest BCUT2D eigenvalue weighted by atomic mass is 9.75. The van der Waals surface area contributed by atoms with E-state index in [1.54, 1.807) is 48.5 Å². The first-order chi connectivity index (χ1) is 44.4. The standard InChI is InChI=1S/C9H10BFO3.C8H8BF2NO3.2C8H9BFNO3.2C8H10BNO3.C8H12BNO2/c1-6(12)5-7-3-2-4-8(11)9(7)10(13)14;1-4(13)12-5-2-6(9(14)15)8(11)7(10)3-5;1-5(12)11-6-2-3-8(10)7(4-6)9(13)14;1-5(12)11-8-4-6(9(13)14)2-3-7(8)10;1-6(11)10-8-4-2-3-7(5-8)9(12)13;1-6(11)10-8-5-3-2-4-7(8)9(12)13;1-10-6-7-4-2-3-5-8(7)9(11)12/h2-4,13-14H,5H2,1H3;2-3,14-15H,1H3,(H,12,13);2*2-4,13-14H,1H3,(H,11,12);2*2-5,12-13H,1H3,(H,10,11);2-5,10-12H,6H2,1H3. The zero-order valence-corrected chi connectivity index (χ0v) is 51.8. The molecule has 0 aliphatic rings. The average molecular weight is 1330 g/mol. The molecule has 0 heterocycles. The van der Waals surface area contributed by atoms with E-state index < -0.39 is 96.2 Å². The van der Waals surface area contributed by atoms with Crippen LogP contribution in [0, 0.1) is 29.1 Å². The van der Waals surface area contributed by atoms with Gasteiger partial charge in [-0.15, -0.1) is 0 Å². The Bertz CT molecular complexity index is 3650. The Labute approximate surface area is 544 Å². The van der Waals surface area contributed by atoms with Crippen molar-refractivity contribution in [3.8, 4) is 0 Å². The molecule has 0 saturated carbocycles. The number of anilines is 5. The third-order valence-corrected chi connectivity index (χ3v) is 11.4. The Morgan fingerprint density at radius 3 is 1.28 bits per heavy atom. The summed E-state index contributed by atoms with van der Waals surface area (Å²) in [6.45, 7) is 8.49. The average Bonchev–Trinajstić information content (AvgIpc) is 0.882. The molecule has 0 aromatic heterocycles. The molecular weight excluding hydrogens is 1260 g/mol. The Morgan fingerprint density at radius 2 is 0.789 bits per heavy atom. The smallest absolute Gasteiger partial charge is 0.423 e. The summed E-state index contributed by atoms with van der Waals surface area (Å²) in [6, 6.07) is 32.9. The molecule has 0 aliphatic carbocycles. The molecule has 0 saturated heterocycles. The Hall–Kier alpha value is -8.94. The van der Waals surface area contributed by atoms with Crippen LogP contribution in [0.3, 0.4) is 0 Å². The number of rotatable bonds is 16. The number of Topliss-reactive ketones (excluding diaryl/α,β-unsaturated/α-hetero) is 1. The number of hydrogen-bond acceptors (Lipinski definition) is 21. The van der Waals surface area contributed by atoms with Crippen LogP contribution >= 0.6 is 0 Å². The summed E-state index contributed by atoms with van der Waals surface area (Å²) >= 11 is 0. The lowest BCUT2D eigenvalue weighted by Crippen LogP contribution is -2.36. The molecule has 20 N–H and O–H groups in total. The molecule has 0 spiro atoms. The maximum absolute atomic E-state index is 13.1. The van der Waals surface area contributed by atoms with E-state index >= 15 is 0 Å². The van der Waals surface area contributed by atoms with Gasteiger partial charge >= 0.3 is 49.8 Å². The highest BCUT2D eigenvalue weighted by molar-refractivity contribution is 6.62. The van der Waals surface area contributed by atoms with Gasteiger partial charge in [0.05, 0.1) is 5.69 Å². The molecular formula is C57H68B7F5N6O20. The number of para-hydroxylation sites is 1. The topological polar surface area (TPSA) is 458 Å². The summed E-state index contributed by atoms with van der Waals surface area (Å²) in [5.41, 5.74) is 2.63. The van der Waals surface area contributed by atoms with Crippen molar-refractivity contribution in [2.24, 2.45) is 0 Å². The van der Waals surface area contributed by atoms with Gasteiger partial charge in [0.1, 0.15) is 23.2 Å². The summed E-state index contributed by atoms with van der Waals surface area (Å²) in [5, 5.41) is 139. The lowest BCUT2D eigenvalue weighted by Gasteiger charge is -2.07. The van der Waals surface area contributed by atoms with E-state index in [1.165, 1.54) is 90.1 Å². The SMILES string of the molecule is CC(=O)Cc1cccc(F)c1B(O)O.CC(=O)Nc1cc(B(O)O)ccc1F.CC(=O)Nc1cc(F)c(F)c(B(O)O)c1.CC(=O)Nc1ccc(F)c(B(O)O)c1.CC(=O)Nc1cccc(B(O)O)c1.CC(=O)Nc1ccccc1B(O)O.CNCc1ccccc1B(O)O. The van der Waals surface area contributed by atoms with Crippen LogP contribution < -0.4 is 70.1 Å². The van der Waals surface area contributed by atoms with Gasteiger partial charge < -0.3 is 102 Å². The van der Waals surface area contributed by atoms with Gasteiger partial charge in [0, 0.05) is 98.3 Å². The number of carbonyl (C=O) groups excluding carboxylic acids is 6. The van der Waals surface area contributed by atoms with Crippen LogP contribution in [0.5, 0.6) is 0 Å². The van der Waals surface area contributed by atoms with Crippen molar-refractivity contribution in [3.05, 3.63) is 180 Å². The van der Waals surface area contributed by atoms with Crippen LogP contribution in [0.1, 0.15) is 52.7 Å². The third kappa shape index (κ3) is 32.7. The van der Waals surface area contributed by atoms with Crippen molar-refractivity contribution < 1.29 is 121 Å². The van der Waals surface area contributed by atoms with E-state index in [2.05, 4.69) is 31.9 Å². The van der Waals surface area contributed by atoms with Gasteiger partial charge in [-0.1, -0.05) is 72.8 Å². The van der Waals surface area contributed by atoms with E-state index in [9.17, 15) is 50.7 Å². The van der Waals surface area contributed by atoms with Gasteiger partial charge in [-0.3, -0.25) is 28.8 Å². The fourth-order valence-corrected chi connectivity index (χ4v) is 7.52.